The van der Waals surface area contributed by atoms with E-state index in [9.17, 15) is 0 Å². The van der Waals surface area contributed by atoms with Crippen molar-refractivity contribution in [1.29, 1.82) is 0 Å². The highest BCUT2D eigenvalue weighted by Gasteiger charge is 2.23. The first kappa shape index (κ1) is 14.3. The Hall–Kier alpha value is -1.09. The maximum atomic E-state index is 4.70. The Labute approximate surface area is 117 Å². The lowest BCUT2D eigenvalue weighted by molar-refractivity contribution is 0.317. The number of anilines is 1. The van der Waals surface area contributed by atoms with Crippen molar-refractivity contribution >= 4 is 5.82 Å². The lowest BCUT2D eigenvalue weighted by Crippen LogP contribution is -2.37. The van der Waals surface area contributed by atoms with Gasteiger partial charge in [-0.05, 0) is 65.8 Å². The normalized spacial score (nSPS) is 20.5. The molecule has 0 amide bonds. The second-order valence-corrected chi connectivity index (χ2v) is 6.18. The Morgan fingerprint density at radius 2 is 1.89 bits per heavy atom. The van der Waals surface area contributed by atoms with E-state index in [1.165, 1.54) is 24.9 Å². The van der Waals surface area contributed by atoms with Crippen molar-refractivity contribution in [3.8, 4) is 0 Å². The van der Waals surface area contributed by atoms with Gasteiger partial charge >= 0.3 is 0 Å². The fourth-order valence-corrected chi connectivity index (χ4v) is 3.20. The molecule has 1 saturated heterocycles. The molecule has 1 aliphatic heterocycles. The highest BCUT2D eigenvalue weighted by molar-refractivity contribution is 5.41. The smallest absolute Gasteiger partial charge is 0.128 e. The Kier molecular flexibility index (Phi) is 4.46. The molecule has 1 aromatic rings. The fraction of sp³-hybridized carbons (Fsp3) is 0.688. The van der Waals surface area contributed by atoms with Gasteiger partial charge in [0, 0.05) is 24.3 Å². The number of aromatic nitrogens is 1. The predicted molar refractivity (Wildman–Crippen MR) is 81.6 cm³/mol. The van der Waals surface area contributed by atoms with Gasteiger partial charge in [-0.1, -0.05) is 6.07 Å². The second-order valence-electron chi connectivity index (χ2n) is 6.18. The molecule has 19 heavy (non-hydrogen) atoms. The topological polar surface area (TPSA) is 19.4 Å². The average molecular weight is 261 g/mol. The SMILES string of the molecule is CC(C)N(c1ccc([C@@H]2CCCN2C)cn1)C(C)C. The maximum absolute atomic E-state index is 4.70. The molecule has 0 radical (unpaired) electrons. The number of nitrogens with zero attached hydrogens (tertiary/aromatic N) is 3. The van der Waals surface area contributed by atoms with Gasteiger partial charge in [0.25, 0.3) is 0 Å². The van der Waals surface area contributed by atoms with E-state index in [0.29, 0.717) is 18.1 Å². The summed E-state index contributed by atoms with van der Waals surface area (Å²) in [6.45, 7) is 10.1. The summed E-state index contributed by atoms with van der Waals surface area (Å²) >= 11 is 0. The molecule has 0 unspecified atom stereocenters. The van der Waals surface area contributed by atoms with Crippen molar-refractivity contribution in [1.82, 2.24) is 9.88 Å². The van der Waals surface area contributed by atoms with Gasteiger partial charge in [-0.3, -0.25) is 4.90 Å². The molecule has 1 fully saturated rings. The third-order valence-corrected chi connectivity index (χ3v) is 4.05. The van der Waals surface area contributed by atoms with Crippen LogP contribution in [0.3, 0.4) is 0 Å². The first-order valence-corrected chi connectivity index (χ1v) is 7.45. The average Bonchev–Trinajstić information content (AvgIpc) is 2.75. The van der Waals surface area contributed by atoms with Crippen molar-refractivity contribution in [2.24, 2.45) is 0 Å². The molecule has 2 rings (SSSR count). The molecule has 1 aliphatic rings. The Morgan fingerprint density at radius 1 is 1.21 bits per heavy atom. The number of hydrogen-bond donors (Lipinski definition) is 0. The van der Waals surface area contributed by atoms with Gasteiger partial charge in [0.15, 0.2) is 0 Å². The predicted octanol–water partition coefficient (Wildman–Crippen LogP) is 3.47. The van der Waals surface area contributed by atoms with E-state index in [-0.39, 0.29) is 0 Å². The van der Waals surface area contributed by atoms with Crippen LogP contribution in [-0.4, -0.2) is 35.6 Å². The molecule has 1 atom stereocenters. The molecule has 0 N–H and O–H groups in total. The van der Waals surface area contributed by atoms with Crippen LogP contribution in [0, 0.1) is 0 Å². The summed E-state index contributed by atoms with van der Waals surface area (Å²) in [7, 11) is 2.21. The molecule has 3 heteroatoms. The van der Waals surface area contributed by atoms with E-state index in [4.69, 9.17) is 4.98 Å². The maximum Gasteiger partial charge on any atom is 0.128 e. The van der Waals surface area contributed by atoms with Gasteiger partial charge in [0.2, 0.25) is 0 Å². The molecule has 0 spiro atoms. The molecular weight excluding hydrogens is 234 g/mol. The third-order valence-electron chi connectivity index (χ3n) is 4.05. The van der Waals surface area contributed by atoms with E-state index in [0.717, 1.165) is 5.82 Å². The van der Waals surface area contributed by atoms with Crippen molar-refractivity contribution in [2.75, 3.05) is 18.5 Å². The van der Waals surface area contributed by atoms with Crippen LogP contribution < -0.4 is 4.90 Å². The van der Waals surface area contributed by atoms with E-state index in [1.54, 1.807) is 0 Å². The van der Waals surface area contributed by atoms with Crippen LogP contribution in [0.15, 0.2) is 18.3 Å². The first-order valence-electron chi connectivity index (χ1n) is 7.45. The van der Waals surface area contributed by atoms with E-state index in [2.05, 4.69) is 62.9 Å². The number of hydrogen-bond acceptors (Lipinski definition) is 3. The number of rotatable bonds is 4. The van der Waals surface area contributed by atoms with Crippen molar-refractivity contribution in [3.63, 3.8) is 0 Å². The summed E-state index contributed by atoms with van der Waals surface area (Å²) in [6, 6.07) is 5.96. The van der Waals surface area contributed by atoms with E-state index < -0.39 is 0 Å². The molecule has 0 bridgehead atoms. The summed E-state index contributed by atoms with van der Waals surface area (Å²) in [5.74, 6) is 1.09. The Morgan fingerprint density at radius 3 is 2.32 bits per heavy atom. The summed E-state index contributed by atoms with van der Waals surface area (Å²) in [4.78, 5) is 9.49. The van der Waals surface area contributed by atoms with Crippen LogP contribution in [0.2, 0.25) is 0 Å². The van der Waals surface area contributed by atoms with Crippen LogP contribution in [0.5, 0.6) is 0 Å². The van der Waals surface area contributed by atoms with Crippen LogP contribution >= 0.6 is 0 Å². The van der Waals surface area contributed by atoms with Gasteiger partial charge < -0.3 is 4.90 Å². The molecule has 106 valence electrons. The van der Waals surface area contributed by atoms with Gasteiger partial charge in [-0.25, -0.2) is 4.98 Å². The van der Waals surface area contributed by atoms with Crippen molar-refractivity contribution in [2.45, 2.75) is 58.7 Å². The van der Waals surface area contributed by atoms with E-state index in [1.807, 2.05) is 0 Å². The van der Waals surface area contributed by atoms with Crippen molar-refractivity contribution < 1.29 is 0 Å². The standard InChI is InChI=1S/C16H27N3/c1-12(2)19(13(3)4)16-9-8-14(11-17-16)15-7-6-10-18(15)5/h8-9,11-13,15H,6-7,10H2,1-5H3/t15-/m0/s1. The molecule has 0 saturated carbocycles. The lowest BCUT2D eigenvalue weighted by atomic mass is 10.1. The molecule has 2 heterocycles. The third kappa shape index (κ3) is 3.08. The first-order chi connectivity index (χ1) is 9.00. The lowest BCUT2D eigenvalue weighted by Gasteiger charge is -2.32. The van der Waals surface area contributed by atoms with Gasteiger partial charge in [-0.2, -0.15) is 0 Å². The molecular formula is C16H27N3. The van der Waals surface area contributed by atoms with Crippen LogP contribution in [0.4, 0.5) is 5.82 Å². The minimum atomic E-state index is 0.479. The molecule has 3 nitrogen and oxygen atoms in total. The second kappa shape index (κ2) is 5.91. The van der Waals surface area contributed by atoms with Crippen LogP contribution in [0.25, 0.3) is 0 Å². The number of likely N-dealkylation sites (tertiary alicyclic amines) is 1. The van der Waals surface area contributed by atoms with Gasteiger partial charge in [-0.15, -0.1) is 0 Å². The fourth-order valence-electron chi connectivity index (χ4n) is 3.20. The molecule has 0 aliphatic carbocycles. The summed E-state index contributed by atoms with van der Waals surface area (Å²) < 4.78 is 0. The molecule has 0 aromatic carbocycles. The van der Waals surface area contributed by atoms with Crippen LogP contribution in [0.1, 0.15) is 52.1 Å². The minimum Gasteiger partial charge on any atom is -0.352 e. The zero-order valence-electron chi connectivity index (χ0n) is 12.9. The quantitative estimate of drug-likeness (QED) is 0.827. The van der Waals surface area contributed by atoms with Crippen LogP contribution in [-0.2, 0) is 0 Å². The van der Waals surface area contributed by atoms with Crippen molar-refractivity contribution in [3.05, 3.63) is 23.9 Å². The summed E-state index contributed by atoms with van der Waals surface area (Å²) in [5.41, 5.74) is 1.36. The minimum absolute atomic E-state index is 0.479. The zero-order chi connectivity index (χ0) is 14.0. The monoisotopic (exact) mass is 261 g/mol. The highest BCUT2D eigenvalue weighted by Crippen LogP contribution is 2.30. The highest BCUT2D eigenvalue weighted by atomic mass is 15.2. The summed E-state index contributed by atoms with van der Waals surface area (Å²) in [6.07, 6.45) is 4.63. The Bertz CT molecular complexity index is 389. The molecule has 1 aromatic heterocycles. The largest absolute Gasteiger partial charge is 0.352 e. The Balaban J connectivity index is 2.17. The summed E-state index contributed by atoms with van der Waals surface area (Å²) in [5, 5.41) is 0. The van der Waals surface area contributed by atoms with E-state index >= 15 is 0 Å². The van der Waals surface area contributed by atoms with Gasteiger partial charge in [0.1, 0.15) is 5.82 Å². The van der Waals surface area contributed by atoms with Gasteiger partial charge in [0.05, 0.1) is 0 Å². The zero-order valence-corrected chi connectivity index (χ0v) is 12.9. The number of pyridine rings is 1.